The summed E-state index contributed by atoms with van der Waals surface area (Å²) in [5, 5.41) is 19.9. The van der Waals surface area contributed by atoms with Crippen LogP contribution in [0.2, 0.25) is 0 Å². The van der Waals surface area contributed by atoms with Gasteiger partial charge in [0.1, 0.15) is 11.5 Å². The minimum Gasteiger partial charge on any atom is -0.508 e. The molecule has 0 saturated heterocycles. The molecule has 3 heteroatoms. The average molecular weight is 393 g/mol. The molecule has 3 aromatic carbocycles. The van der Waals surface area contributed by atoms with Crippen LogP contribution in [-0.2, 0) is 6.42 Å². The van der Waals surface area contributed by atoms with E-state index < -0.39 is 0 Å². The third kappa shape index (κ3) is 2.75. The molecular formula is C22H17BrO2. The Morgan fingerprint density at radius 3 is 2.36 bits per heavy atom. The zero-order valence-electron chi connectivity index (χ0n) is 13.8. The normalized spacial score (nSPS) is 13.2. The lowest BCUT2D eigenvalue weighted by molar-refractivity contribution is 0.471. The Morgan fingerprint density at radius 1 is 0.880 bits per heavy atom. The van der Waals surface area contributed by atoms with Crippen molar-refractivity contribution in [3.63, 3.8) is 0 Å². The van der Waals surface area contributed by atoms with Crippen molar-refractivity contribution in [2.45, 2.75) is 13.3 Å². The summed E-state index contributed by atoms with van der Waals surface area (Å²) in [4.78, 5) is 0. The van der Waals surface area contributed by atoms with Crippen LogP contribution < -0.4 is 0 Å². The van der Waals surface area contributed by atoms with E-state index in [4.69, 9.17) is 0 Å². The molecule has 2 N–H and O–H groups in total. The predicted octanol–water partition coefficient (Wildman–Crippen LogP) is 5.68. The van der Waals surface area contributed by atoms with E-state index in [1.165, 1.54) is 11.1 Å². The van der Waals surface area contributed by atoms with E-state index >= 15 is 0 Å². The van der Waals surface area contributed by atoms with Crippen LogP contribution in [0.5, 0.6) is 11.5 Å². The van der Waals surface area contributed by atoms with Crippen LogP contribution in [0.4, 0.5) is 0 Å². The molecule has 1 aliphatic rings. The van der Waals surface area contributed by atoms with Gasteiger partial charge in [-0.05, 0) is 92.5 Å². The standard InChI is InChI=1S/C22H17BrO2/c1-13-9-16(24)11-19-17(13)12-18(15-7-8-21(25)20(23)10-15)22(19)14-5-3-2-4-6-14/h2-11,24-25H,12H2,1H3. The number of benzene rings is 3. The highest BCUT2D eigenvalue weighted by molar-refractivity contribution is 9.10. The summed E-state index contributed by atoms with van der Waals surface area (Å²) in [5.41, 5.74) is 7.97. The van der Waals surface area contributed by atoms with Crippen LogP contribution in [0.25, 0.3) is 11.1 Å². The van der Waals surface area contributed by atoms with Gasteiger partial charge in [-0.2, -0.15) is 0 Å². The second kappa shape index (κ2) is 6.08. The van der Waals surface area contributed by atoms with Crippen LogP contribution in [0, 0.1) is 6.92 Å². The Balaban J connectivity index is 2.00. The minimum absolute atomic E-state index is 0.231. The number of allylic oxidation sites excluding steroid dienone is 1. The summed E-state index contributed by atoms with van der Waals surface area (Å²) in [5.74, 6) is 0.521. The number of aryl methyl sites for hydroxylation is 1. The molecule has 0 spiro atoms. The van der Waals surface area contributed by atoms with Gasteiger partial charge >= 0.3 is 0 Å². The Kier molecular flexibility index (Phi) is 3.89. The molecule has 3 aromatic rings. The van der Waals surface area contributed by atoms with Crippen LogP contribution >= 0.6 is 15.9 Å². The lowest BCUT2D eigenvalue weighted by Crippen LogP contribution is -1.90. The fourth-order valence-electron chi connectivity index (χ4n) is 3.56. The number of rotatable bonds is 2. The predicted molar refractivity (Wildman–Crippen MR) is 105 cm³/mol. The van der Waals surface area contributed by atoms with Crippen LogP contribution in [0.3, 0.4) is 0 Å². The van der Waals surface area contributed by atoms with Crippen LogP contribution in [0.1, 0.15) is 27.8 Å². The molecule has 124 valence electrons. The highest BCUT2D eigenvalue weighted by Gasteiger charge is 2.26. The first-order valence-electron chi connectivity index (χ1n) is 8.15. The van der Waals surface area contributed by atoms with Gasteiger partial charge in [0.05, 0.1) is 4.47 Å². The van der Waals surface area contributed by atoms with E-state index in [2.05, 4.69) is 28.1 Å². The van der Waals surface area contributed by atoms with Crippen LogP contribution in [0.15, 0.2) is 65.1 Å². The molecule has 0 aliphatic heterocycles. The lowest BCUT2D eigenvalue weighted by atomic mass is 9.94. The maximum absolute atomic E-state index is 10.1. The fourth-order valence-corrected chi connectivity index (χ4v) is 3.94. The Labute approximate surface area is 155 Å². The molecule has 0 bridgehead atoms. The summed E-state index contributed by atoms with van der Waals surface area (Å²) >= 11 is 3.42. The SMILES string of the molecule is Cc1cc(O)cc2c1CC(c1ccc(O)c(Br)c1)=C2c1ccccc1. The quantitative estimate of drug-likeness (QED) is 0.588. The maximum atomic E-state index is 10.1. The van der Waals surface area contributed by atoms with Crippen molar-refractivity contribution in [3.8, 4) is 11.5 Å². The molecule has 0 radical (unpaired) electrons. The van der Waals surface area contributed by atoms with E-state index in [9.17, 15) is 10.2 Å². The van der Waals surface area contributed by atoms with Gasteiger partial charge in [0.15, 0.2) is 0 Å². The summed E-state index contributed by atoms with van der Waals surface area (Å²) in [6, 6.07) is 19.5. The highest BCUT2D eigenvalue weighted by atomic mass is 79.9. The zero-order chi connectivity index (χ0) is 17.6. The number of phenolic OH excluding ortho intramolecular Hbond substituents is 2. The van der Waals surface area contributed by atoms with Crippen molar-refractivity contribution in [1.82, 2.24) is 0 Å². The Hall–Kier alpha value is -2.52. The topological polar surface area (TPSA) is 40.5 Å². The molecule has 25 heavy (non-hydrogen) atoms. The molecule has 0 atom stereocenters. The monoisotopic (exact) mass is 392 g/mol. The summed E-state index contributed by atoms with van der Waals surface area (Å²) in [6.45, 7) is 2.04. The van der Waals surface area contributed by atoms with E-state index in [-0.39, 0.29) is 11.5 Å². The molecule has 0 aromatic heterocycles. The van der Waals surface area contributed by atoms with Gasteiger partial charge in [0, 0.05) is 0 Å². The molecular weight excluding hydrogens is 376 g/mol. The number of fused-ring (bicyclic) bond motifs is 1. The Morgan fingerprint density at radius 2 is 1.64 bits per heavy atom. The van der Waals surface area contributed by atoms with Gasteiger partial charge in [-0.3, -0.25) is 0 Å². The molecule has 1 aliphatic carbocycles. The summed E-state index contributed by atoms with van der Waals surface area (Å²) < 4.78 is 0.681. The molecule has 4 rings (SSSR count). The average Bonchev–Trinajstić information content (AvgIpc) is 2.98. The van der Waals surface area contributed by atoms with Crippen molar-refractivity contribution in [3.05, 3.63) is 93.0 Å². The second-order valence-electron chi connectivity index (χ2n) is 6.35. The highest BCUT2D eigenvalue weighted by Crippen LogP contribution is 2.45. The zero-order valence-corrected chi connectivity index (χ0v) is 15.3. The van der Waals surface area contributed by atoms with Crippen molar-refractivity contribution < 1.29 is 10.2 Å². The second-order valence-corrected chi connectivity index (χ2v) is 7.21. The molecule has 0 heterocycles. The number of aromatic hydroxyl groups is 2. The Bertz CT molecular complexity index is 1000. The molecule has 0 amide bonds. The van der Waals surface area contributed by atoms with Crippen LogP contribution in [-0.4, -0.2) is 10.2 Å². The number of hydrogen-bond donors (Lipinski definition) is 2. The minimum atomic E-state index is 0.231. The van der Waals surface area contributed by atoms with Gasteiger partial charge in [-0.15, -0.1) is 0 Å². The van der Waals surface area contributed by atoms with Gasteiger partial charge in [0.25, 0.3) is 0 Å². The van der Waals surface area contributed by atoms with Crippen molar-refractivity contribution in [2.75, 3.05) is 0 Å². The van der Waals surface area contributed by atoms with Crippen molar-refractivity contribution in [1.29, 1.82) is 0 Å². The van der Waals surface area contributed by atoms with Gasteiger partial charge in [-0.25, -0.2) is 0 Å². The smallest absolute Gasteiger partial charge is 0.129 e. The maximum Gasteiger partial charge on any atom is 0.129 e. The number of phenols is 2. The van der Waals surface area contributed by atoms with Gasteiger partial charge in [0.2, 0.25) is 0 Å². The molecule has 0 unspecified atom stereocenters. The number of hydrogen-bond acceptors (Lipinski definition) is 2. The molecule has 0 fully saturated rings. The first kappa shape index (κ1) is 16.0. The molecule has 2 nitrogen and oxygen atoms in total. The molecule has 0 saturated carbocycles. The van der Waals surface area contributed by atoms with Crippen molar-refractivity contribution in [2.24, 2.45) is 0 Å². The van der Waals surface area contributed by atoms with E-state index in [1.54, 1.807) is 6.07 Å². The van der Waals surface area contributed by atoms with Gasteiger partial charge in [-0.1, -0.05) is 36.4 Å². The largest absolute Gasteiger partial charge is 0.508 e. The third-order valence-electron chi connectivity index (χ3n) is 4.74. The van der Waals surface area contributed by atoms with E-state index in [1.807, 2.05) is 49.4 Å². The third-order valence-corrected chi connectivity index (χ3v) is 5.38. The first-order chi connectivity index (χ1) is 12.0. The van der Waals surface area contributed by atoms with Crippen molar-refractivity contribution >= 4 is 27.1 Å². The lowest BCUT2D eigenvalue weighted by Gasteiger charge is -2.11. The van der Waals surface area contributed by atoms with E-state index in [0.717, 1.165) is 34.2 Å². The summed E-state index contributed by atoms with van der Waals surface area (Å²) in [7, 11) is 0. The van der Waals surface area contributed by atoms with E-state index in [0.29, 0.717) is 4.47 Å². The van der Waals surface area contributed by atoms with Gasteiger partial charge < -0.3 is 10.2 Å². The number of halogens is 1. The first-order valence-corrected chi connectivity index (χ1v) is 8.94. The summed E-state index contributed by atoms with van der Waals surface area (Å²) in [6.07, 6.45) is 0.808. The fraction of sp³-hybridized carbons (Fsp3) is 0.0909.